The van der Waals surface area contributed by atoms with Gasteiger partial charge in [-0.05, 0) is 63.5 Å². The first-order valence-electron chi connectivity index (χ1n) is 14.7. The number of halogens is 2. The van der Waals surface area contributed by atoms with E-state index in [-0.39, 0.29) is 29.1 Å². The highest BCUT2D eigenvalue weighted by Crippen LogP contribution is 2.50. The number of anilines is 1. The van der Waals surface area contributed by atoms with Crippen molar-refractivity contribution < 1.29 is 13.6 Å². The van der Waals surface area contributed by atoms with E-state index in [1.165, 1.54) is 31.1 Å². The smallest absolute Gasteiger partial charge is 0.350 e. The summed E-state index contributed by atoms with van der Waals surface area (Å²) in [6.07, 6.45) is 3.82. The van der Waals surface area contributed by atoms with Crippen molar-refractivity contribution in [1.82, 2.24) is 19.4 Å². The number of aryl methyl sites for hydroxylation is 1. The summed E-state index contributed by atoms with van der Waals surface area (Å²) in [5.41, 5.74) is 2.26. The molecule has 3 fully saturated rings. The van der Waals surface area contributed by atoms with Crippen molar-refractivity contribution in [2.45, 2.75) is 63.2 Å². The van der Waals surface area contributed by atoms with Crippen LogP contribution in [0.2, 0.25) is 0 Å². The summed E-state index contributed by atoms with van der Waals surface area (Å²) >= 11 is 1.68. The van der Waals surface area contributed by atoms with Crippen molar-refractivity contribution in [3.05, 3.63) is 64.6 Å². The van der Waals surface area contributed by atoms with Crippen LogP contribution in [0.15, 0.2) is 46.6 Å². The maximum absolute atomic E-state index is 15.3. The molecule has 2 saturated heterocycles. The number of hydrogen-bond acceptors (Lipinski definition) is 6. The lowest BCUT2D eigenvalue weighted by Crippen LogP contribution is -2.60. The Morgan fingerprint density at radius 1 is 1.12 bits per heavy atom. The van der Waals surface area contributed by atoms with Crippen LogP contribution in [0.1, 0.15) is 32.3 Å². The Morgan fingerprint density at radius 2 is 1.83 bits per heavy atom. The van der Waals surface area contributed by atoms with E-state index in [2.05, 4.69) is 16.4 Å². The molecule has 42 heavy (non-hydrogen) atoms. The number of nitrogens with zero attached hydrogens (tertiary/aromatic N) is 5. The number of rotatable bonds is 4. The fraction of sp³-hybridized carbons (Fsp3) is 0.469. The minimum absolute atomic E-state index is 0.0710. The molecule has 1 amide bonds. The Balaban J connectivity index is 1.40. The Morgan fingerprint density at radius 3 is 2.48 bits per heavy atom. The molecule has 0 unspecified atom stereocenters. The maximum atomic E-state index is 15.3. The van der Waals surface area contributed by atoms with Crippen molar-refractivity contribution >= 4 is 34.4 Å². The topological polar surface area (TPSA) is 61.7 Å². The molecule has 4 aliphatic rings. The Bertz CT molecular complexity index is 1680. The molecule has 1 aliphatic carbocycles. The maximum Gasteiger partial charge on any atom is 0.350 e. The SMILES string of the molecule is C=CC(=O)N1[C@H](C)CN(c2nc(=O)n3c4c(c(-c5ccc(F)cc5F)c(C)cc24)SCC2(CN(C4CC4)C2)C3)C[C@@H]1C. The summed E-state index contributed by atoms with van der Waals surface area (Å²) in [6, 6.07) is 6.15. The monoisotopic (exact) mass is 591 g/mol. The first kappa shape index (κ1) is 27.6. The normalized spacial score (nSPS) is 23.6. The third-order valence-corrected chi connectivity index (χ3v) is 10.8. The number of carbonyl (C=O) groups excluding carboxylic acids is 1. The molecule has 7 rings (SSSR count). The second kappa shape index (κ2) is 9.91. The number of piperazine rings is 1. The summed E-state index contributed by atoms with van der Waals surface area (Å²) in [4.78, 5) is 38.5. The molecule has 0 radical (unpaired) electrons. The van der Waals surface area contributed by atoms with Gasteiger partial charge in [-0.1, -0.05) is 6.58 Å². The molecule has 1 aromatic heterocycles. The summed E-state index contributed by atoms with van der Waals surface area (Å²) in [5.74, 6) is 0.0432. The van der Waals surface area contributed by atoms with Crippen LogP contribution in [0.3, 0.4) is 0 Å². The van der Waals surface area contributed by atoms with Crippen LogP contribution in [-0.2, 0) is 11.3 Å². The van der Waals surface area contributed by atoms with Gasteiger partial charge in [-0.25, -0.2) is 13.6 Å². The first-order chi connectivity index (χ1) is 20.1. The lowest BCUT2D eigenvalue weighted by atomic mass is 9.81. The van der Waals surface area contributed by atoms with Crippen LogP contribution in [0.4, 0.5) is 14.6 Å². The van der Waals surface area contributed by atoms with Gasteiger partial charge in [0, 0.05) is 89.5 Å². The fourth-order valence-electron chi connectivity index (χ4n) is 7.42. The first-order valence-corrected chi connectivity index (χ1v) is 15.7. The lowest BCUT2D eigenvalue weighted by molar-refractivity contribution is -0.130. The van der Waals surface area contributed by atoms with E-state index < -0.39 is 11.6 Å². The van der Waals surface area contributed by atoms with Crippen molar-refractivity contribution in [1.29, 1.82) is 0 Å². The highest BCUT2D eigenvalue weighted by Gasteiger charge is 2.50. The van der Waals surface area contributed by atoms with Crippen molar-refractivity contribution in [2.75, 3.05) is 36.8 Å². The van der Waals surface area contributed by atoms with Gasteiger partial charge in [-0.15, -0.1) is 11.8 Å². The molecule has 0 N–H and O–H groups in total. The fourth-order valence-corrected chi connectivity index (χ4v) is 8.92. The zero-order chi connectivity index (χ0) is 29.5. The number of aromatic nitrogens is 2. The second-order valence-electron chi connectivity index (χ2n) is 12.7. The molecule has 10 heteroatoms. The summed E-state index contributed by atoms with van der Waals surface area (Å²) in [5, 5.41) is 0.846. The van der Waals surface area contributed by atoms with Crippen LogP contribution < -0.4 is 10.6 Å². The quantitative estimate of drug-likeness (QED) is 0.405. The van der Waals surface area contributed by atoms with Gasteiger partial charge in [0.1, 0.15) is 17.5 Å². The van der Waals surface area contributed by atoms with E-state index in [0.717, 1.165) is 46.3 Å². The standard InChI is InChI=1S/C32H35F2N5O2S/c1-5-26(40)39-19(3)12-36(13-20(39)4)30-24-10-18(2)27(23-9-6-21(33)11-25(23)34)29-28(24)38(31(41)35-30)16-32(17-42-29)14-37(15-32)22-7-8-22/h5-6,9-11,19-20,22H,1,7-8,12-17H2,2-4H3/t19-,20+. The molecule has 1 spiro atoms. The number of benzene rings is 2. The van der Waals surface area contributed by atoms with Crippen LogP contribution in [-0.4, -0.2) is 75.3 Å². The third-order valence-electron chi connectivity index (χ3n) is 9.40. The Hall–Kier alpha value is -3.24. The minimum atomic E-state index is -0.623. The molecule has 4 heterocycles. The molecule has 0 bridgehead atoms. The van der Waals surface area contributed by atoms with E-state index in [1.54, 1.807) is 11.8 Å². The Kier molecular flexibility index (Phi) is 6.51. The molecular weight excluding hydrogens is 556 g/mol. The van der Waals surface area contributed by atoms with E-state index in [0.29, 0.717) is 42.6 Å². The number of likely N-dealkylation sites (tertiary alicyclic amines) is 1. The van der Waals surface area contributed by atoms with E-state index in [1.807, 2.05) is 36.3 Å². The summed E-state index contributed by atoms with van der Waals surface area (Å²) in [6.45, 7) is 13.1. The van der Waals surface area contributed by atoms with Gasteiger partial charge in [0.05, 0.1) is 5.52 Å². The molecular formula is C32H35F2N5O2S. The largest absolute Gasteiger partial charge is 0.352 e. The van der Waals surface area contributed by atoms with E-state index >= 15 is 4.39 Å². The van der Waals surface area contributed by atoms with Gasteiger partial charge >= 0.3 is 5.69 Å². The lowest BCUT2D eigenvalue weighted by Gasteiger charge is -2.50. The molecule has 7 nitrogen and oxygen atoms in total. The van der Waals surface area contributed by atoms with Crippen molar-refractivity contribution in [3.8, 4) is 11.1 Å². The predicted molar refractivity (Wildman–Crippen MR) is 162 cm³/mol. The van der Waals surface area contributed by atoms with Crippen LogP contribution in [0, 0.1) is 24.0 Å². The number of carbonyl (C=O) groups is 1. The van der Waals surface area contributed by atoms with Crippen molar-refractivity contribution in [2.24, 2.45) is 5.41 Å². The molecule has 3 aliphatic heterocycles. The molecule has 2 aromatic carbocycles. The van der Waals surface area contributed by atoms with Gasteiger partial charge in [0.2, 0.25) is 5.91 Å². The summed E-state index contributed by atoms with van der Waals surface area (Å²) in [7, 11) is 0. The Labute approximate surface area is 248 Å². The summed E-state index contributed by atoms with van der Waals surface area (Å²) < 4.78 is 31.1. The zero-order valence-corrected chi connectivity index (χ0v) is 25.0. The van der Waals surface area contributed by atoms with Gasteiger partial charge in [-0.3, -0.25) is 14.3 Å². The molecule has 2 atom stereocenters. The number of thioether (sulfide) groups is 1. The van der Waals surface area contributed by atoms with Crippen LogP contribution in [0.5, 0.6) is 0 Å². The number of amides is 1. The van der Waals surface area contributed by atoms with Gasteiger partial charge < -0.3 is 9.80 Å². The van der Waals surface area contributed by atoms with E-state index in [4.69, 9.17) is 4.98 Å². The second-order valence-corrected chi connectivity index (χ2v) is 13.7. The minimum Gasteiger partial charge on any atom is -0.352 e. The highest BCUT2D eigenvalue weighted by atomic mass is 32.2. The number of hydrogen-bond donors (Lipinski definition) is 0. The third kappa shape index (κ3) is 4.37. The van der Waals surface area contributed by atoms with E-state index in [9.17, 15) is 14.0 Å². The van der Waals surface area contributed by atoms with Crippen molar-refractivity contribution in [3.63, 3.8) is 0 Å². The van der Waals surface area contributed by atoms with Crippen LogP contribution in [0.25, 0.3) is 22.0 Å². The van der Waals surface area contributed by atoms with Gasteiger partial charge in [-0.2, -0.15) is 4.98 Å². The predicted octanol–water partition coefficient (Wildman–Crippen LogP) is 4.83. The molecule has 220 valence electrons. The highest BCUT2D eigenvalue weighted by molar-refractivity contribution is 7.99. The average molecular weight is 592 g/mol. The van der Waals surface area contributed by atoms with Gasteiger partial charge in [0.15, 0.2) is 0 Å². The molecule has 1 saturated carbocycles. The van der Waals surface area contributed by atoms with Gasteiger partial charge in [0.25, 0.3) is 0 Å². The average Bonchev–Trinajstić information content (AvgIpc) is 3.77. The molecule has 3 aromatic rings. The zero-order valence-electron chi connectivity index (χ0n) is 24.2. The van der Waals surface area contributed by atoms with Crippen LogP contribution >= 0.6 is 11.8 Å².